The Hall–Kier alpha value is -3.36. The first-order chi connectivity index (χ1) is 12.5. The Bertz CT molecular complexity index is 760. The quantitative estimate of drug-likeness (QED) is 0.563. The summed E-state index contributed by atoms with van der Waals surface area (Å²) in [6.45, 7) is 0. The molecule has 0 aliphatic rings. The number of esters is 2. The smallest absolute Gasteiger partial charge is 0.307 e. The molecule has 0 fully saturated rings. The number of ether oxygens (including phenoxy) is 2. The zero-order valence-electron chi connectivity index (χ0n) is 14.4. The number of hydrogen-bond donors (Lipinski definition) is 1. The second-order valence-corrected chi connectivity index (χ2v) is 5.30. The maximum atomic E-state index is 11.9. The molecule has 9 nitrogen and oxygen atoms in total. The third-order valence-corrected chi connectivity index (χ3v) is 3.47. The molecular weight excluding hydrogens is 342 g/mol. The number of amides is 1. The number of nitrogens with one attached hydrogen (secondary N) is 1. The second kappa shape index (κ2) is 9.21. The van der Waals surface area contributed by atoms with Crippen molar-refractivity contribution in [2.24, 2.45) is 0 Å². The van der Waals surface area contributed by atoms with Gasteiger partial charge in [-0.25, -0.2) is 0 Å². The molecule has 1 amide bonds. The van der Waals surface area contributed by atoms with E-state index in [9.17, 15) is 14.4 Å². The van der Waals surface area contributed by atoms with E-state index in [0.717, 1.165) is 5.56 Å². The van der Waals surface area contributed by atoms with Crippen LogP contribution < -0.4 is 5.32 Å². The van der Waals surface area contributed by atoms with Gasteiger partial charge in [0.1, 0.15) is 0 Å². The van der Waals surface area contributed by atoms with E-state index < -0.39 is 18.0 Å². The van der Waals surface area contributed by atoms with E-state index in [-0.39, 0.29) is 18.7 Å². The summed E-state index contributed by atoms with van der Waals surface area (Å²) in [6.07, 6.45) is 8.80. The molecule has 0 radical (unpaired) electrons. The van der Waals surface area contributed by atoms with Gasteiger partial charge in [0, 0.05) is 17.8 Å². The zero-order chi connectivity index (χ0) is 18.9. The lowest BCUT2D eigenvalue weighted by Crippen LogP contribution is -2.19. The van der Waals surface area contributed by atoms with E-state index >= 15 is 0 Å². The van der Waals surface area contributed by atoms with Gasteiger partial charge >= 0.3 is 11.9 Å². The number of carbonyl (C=O) groups excluding carboxylic acids is 3. The summed E-state index contributed by atoms with van der Waals surface area (Å²) in [5.74, 6) is -1.32. The zero-order valence-corrected chi connectivity index (χ0v) is 14.4. The van der Waals surface area contributed by atoms with Crippen molar-refractivity contribution in [3.63, 3.8) is 0 Å². The lowest BCUT2D eigenvalue weighted by molar-refractivity contribution is -0.144. The normalized spacial score (nSPS) is 10.9. The van der Waals surface area contributed by atoms with E-state index in [0.29, 0.717) is 5.69 Å². The first kappa shape index (κ1) is 19.0. The number of hydrogen-bond acceptors (Lipinski definition) is 7. The number of anilines is 1. The molecule has 0 spiro atoms. The fourth-order valence-electron chi connectivity index (χ4n) is 2.14. The fraction of sp³-hybridized carbons (Fsp3) is 0.294. The Morgan fingerprint density at radius 2 is 1.96 bits per heavy atom. The molecule has 2 aromatic rings. The maximum absolute atomic E-state index is 11.9. The van der Waals surface area contributed by atoms with Gasteiger partial charge in [-0.2, -0.15) is 5.10 Å². The van der Waals surface area contributed by atoms with Gasteiger partial charge in [-0.1, -0.05) is 0 Å². The van der Waals surface area contributed by atoms with E-state index in [1.165, 1.54) is 49.9 Å². The van der Waals surface area contributed by atoms with Crippen LogP contribution in [-0.4, -0.2) is 41.8 Å². The molecule has 0 bridgehead atoms. The molecule has 2 aromatic heterocycles. The number of rotatable bonds is 8. The van der Waals surface area contributed by atoms with Crippen LogP contribution in [0, 0.1) is 0 Å². The first-order valence-corrected chi connectivity index (χ1v) is 7.71. The SMILES string of the molecule is COC(=O)CC(CC(=O)OC)n1cc(NC(=O)C=Cc2ccoc2)cn1. The third-order valence-electron chi connectivity index (χ3n) is 3.47. The monoisotopic (exact) mass is 361 g/mol. The topological polar surface area (TPSA) is 113 Å². The molecule has 0 aliphatic heterocycles. The van der Waals surface area contributed by atoms with Gasteiger partial charge in [-0.05, 0) is 12.1 Å². The van der Waals surface area contributed by atoms with Gasteiger partial charge in [0.2, 0.25) is 5.91 Å². The van der Waals surface area contributed by atoms with Crippen molar-refractivity contribution in [2.45, 2.75) is 18.9 Å². The minimum Gasteiger partial charge on any atom is -0.472 e. The molecule has 26 heavy (non-hydrogen) atoms. The summed E-state index contributed by atoms with van der Waals surface area (Å²) in [6, 6.07) is 1.13. The van der Waals surface area contributed by atoms with Crippen molar-refractivity contribution in [2.75, 3.05) is 19.5 Å². The van der Waals surface area contributed by atoms with Crippen LogP contribution in [0.15, 0.2) is 41.5 Å². The number of aromatic nitrogens is 2. The number of carbonyl (C=O) groups is 3. The molecule has 2 rings (SSSR count). The van der Waals surface area contributed by atoms with Crippen molar-refractivity contribution in [1.82, 2.24) is 9.78 Å². The van der Waals surface area contributed by atoms with E-state index in [4.69, 9.17) is 4.42 Å². The van der Waals surface area contributed by atoms with Crippen LogP contribution >= 0.6 is 0 Å². The van der Waals surface area contributed by atoms with Crippen LogP contribution in [0.25, 0.3) is 6.08 Å². The highest BCUT2D eigenvalue weighted by atomic mass is 16.5. The molecule has 0 saturated heterocycles. The Balaban J connectivity index is 2.03. The highest BCUT2D eigenvalue weighted by Crippen LogP contribution is 2.19. The molecule has 2 heterocycles. The van der Waals surface area contributed by atoms with Crippen molar-refractivity contribution >= 4 is 29.6 Å². The molecular formula is C17H19N3O6. The second-order valence-electron chi connectivity index (χ2n) is 5.30. The van der Waals surface area contributed by atoms with Crippen molar-refractivity contribution in [3.8, 4) is 0 Å². The summed E-state index contributed by atoms with van der Waals surface area (Å²) in [7, 11) is 2.53. The van der Waals surface area contributed by atoms with Crippen LogP contribution in [0.3, 0.4) is 0 Å². The largest absolute Gasteiger partial charge is 0.472 e. The molecule has 0 aliphatic carbocycles. The Morgan fingerprint density at radius 1 is 1.27 bits per heavy atom. The van der Waals surface area contributed by atoms with Crippen LogP contribution in [-0.2, 0) is 23.9 Å². The van der Waals surface area contributed by atoms with Gasteiger partial charge < -0.3 is 19.2 Å². The van der Waals surface area contributed by atoms with Gasteiger partial charge in [-0.15, -0.1) is 0 Å². The van der Waals surface area contributed by atoms with Crippen LogP contribution in [0.1, 0.15) is 24.4 Å². The summed E-state index contributed by atoms with van der Waals surface area (Å²) in [5, 5.41) is 6.74. The minimum absolute atomic E-state index is 0.0545. The Labute approximate surface area is 149 Å². The highest BCUT2D eigenvalue weighted by molar-refractivity contribution is 6.01. The summed E-state index contributed by atoms with van der Waals surface area (Å²) in [4.78, 5) is 35.0. The van der Waals surface area contributed by atoms with E-state index in [1.807, 2.05) is 0 Å². The number of nitrogens with zero attached hydrogens (tertiary/aromatic N) is 2. The summed E-state index contributed by atoms with van der Waals surface area (Å²) >= 11 is 0. The predicted octanol–water partition coefficient (Wildman–Crippen LogP) is 1.80. The molecule has 1 N–H and O–H groups in total. The molecule has 138 valence electrons. The molecule has 0 saturated carbocycles. The average molecular weight is 361 g/mol. The van der Waals surface area contributed by atoms with Crippen molar-refractivity contribution in [3.05, 3.63) is 42.6 Å². The lowest BCUT2D eigenvalue weighted by atomic mass is 10.1. The molecule has 0 aromatic carbocycles. The maximum Gasteiger partial charge on any atom is 0.307 e. The van der Waals surface area contributed by atoms with Crippen LogP contribution in [0.5, 0.6) is 0 Å². The third kappa shape index (κ3) is 5.62. The standard InChI is InChI=1S/C17H19N3O6/c1-24-16(22)7-14(8-17(23)25-2)20-10-13(9-18-20)19-15(21)4-3-12-5-6-26-11-12/h3-6,9-11,14H,7-8H2,1-2H3,(H,19,21). The minimum atomic E-state index is -0.581. The van der Waals surface area contributed by atoms with Gasteiger partial charge in [-0.3, -0.25) is 19.1 Å². The number of furan rings is 1. The van der Waals surface area contributed by atoms with Crippen LogP contribution in [0.2, 0.25) is 0 Å². The van der Waals surface area contributed by atoms with Crippen LogP contribution in [0.4, 0.5) is 5.69 Å². The van der Waals surface area contributed by atoms with Gasteiger partial charge in [0.15, 0.2) is 0 Å². The summed E-state index contributed by atoms with van der Waals surface area (Å²) in [5.41, 5.74) is 1.18. The number of methoxy groups -OCH3 is 2. The lowest BCUT2D eigenvalue weighted by Gasteiger charge is -2.15. The Morgan fingerprint density at radius 3 is 2.54 bits per heavy atom. The van der Waals surface area contributed by atoms with Crippen molar-refractivity contribution < 1.29 is 28.3 Å². The summed E-state index contributed by atoms with van der Waals surface area (Å²) < 4.78 is 15.6. The van der Waals surface area contributed by atoms with Crippen molar-refractivity contribution in [1.29, 1.82) is 0 Å². The predicted molar refractivity (Wildman–Crippen MR) is 90.9 cm³/mol. The Kier molecular flexibility index (Phi) is 6.72. The van der Waals surface area contributed by atoms with E-state index in [2.05, 4.69) is 19.9 Å². The van der Waals surface area contributed by atoms with E-state index in [1.54, 1.807) is 12.1 Å². The average Bonchev–Trinajstić information content (AvgIpc) is 3.31. The molecule has 0 atom stereocenters. The highest BCUT2D eigenvalue weighted by Gasteiger charge is 2.21. The first-order valence-electron chi connectivity index (χ1n) is 7.71. The molecule has 9 heteroatoms. The fourth-order valence-corrected chi connectivity index (χ4v) is 2.14. The molecule has 0 unspecified atom stereocenters. The van der Waals surface area contributed by atoms with Gasteiger partial charge in [0.05, 0.1) is 57.5 Å². The van der Waals surface area contributed by atoms with Gasteiger partial charge in [0.25, 0.3) is 0 Å².